The van der Waals surface area contributed by atoms with Crippen molar-refractivity contribution in [1.29, 1.82) is 0 Å². The van der Waals surface area contributed by atoms with Crippen molar-refractivity contribution >= 4 is 17.8 Å². The van der Waals surface area contributed by atoms with Crippen LogP contribution < -0.4 is 5.32 Å². The number of hydrogen-bond donors (Lipinski definition) is 2. The fourth-order valence-electron chi connectivity index (χ4n) is 3.85. The number of H-pyrrole nitrogens is 1. The molecule has 1 fully saturated rings. The number of carbonyl (C=O) groups excluding carboxylic acids is 1. The molecule has 1 saturated carbocycles. The molecule has 2 N–H and O–H groups in total. The highest BCUT2D eigenvalue weighted by molar-refractivity contribution is 5.95. The largest absolute Gasteiger partial charge is 0.308 e. The summed E-state index contributed by atoms with van der Waals surface area (Å²) < 4.78 is 0. The van der Waals surface area contributed by atoms with E-state index < -0.39 is 0 Å². The number of benzene rings is 1. The first kappa shape index (κ1) is 16.0. The van der Waals surface area contributed by atoms with Gasteiger partial charge < -0.3 is 5.32 Å². The molecule has 5 heteroatoms. The number of rotatable bonds is 4. The third-order valence-corrected chi connectivity index (χ3v) is 5.53. The Morgan fingerprint density at radius 2 is 1.93 bits per heavy atom. The molecule has 3 aromatic rings. The molecule has 2 aliphatic carbocycles. The summed E-state index contributed by atoms with van der Waals surface area (Å²) in [7, 11) is 0. The molecule has 0 bridgehead atoms. The lowest BCUT2D eigenvalue weighted by molar-refractivity contribution is -0.117. The quantitative estimate of drug-likeness (QED) is 0.749. The smallest absolute Gasteiger partial charge is 0.228 e. The van der Waals surface area contributed by atoms with Crippen molar-refractivity contribution in [2.75, 3.05) is 5.32 Å². The number of fused-ring (bicyclic) bond motifs is 1. The van der Waals surface area contributed by atoms with E-state index in [0.717, 1.165) is 36.1 Å². The summed E-state index contributed by atoms with van der Waals surface area (Å²) in [4.78, 5) is 16.5. The summed E-state index contributed by atoms with van der Waals surface area (Å²) in [5, 5.41) is 10.5. The zero-order chi connectivity index (χ0) is 18.3. The Kier molecular flexibility index (Phi) is 3.67. The number of allylic oxidation sites excluding steroid dienone is 1. The number of nitrogens with zero attached hydrogens (tertiary/aromatic N) is 2. The molecule has 0 aliphatic heterocycles. The van der Waals surface area contributed by atoms with Crippen LogP contribution in [0.25, 0.3) is 6.08 Å². The van der Waals surface area contributed by atoms with Crippen molar-refractivity contribution in [3.63, 3.8) is 0 Å². The van der Waals surface area contributed by atoms with Crippen LogP contribution in [0.5, 0.6) is 0 Å². The van der Waals surface area contributed by atoms with E-state index in [0.29, 0.717) is 5.82 Å². The second-order valence-corrected chi connectivity index (χ2v) is 7.32. The Bertz CT molecular complexity index is 964. The molecule has 0 spiro atoms. The Balaban J connectivity index is 1.56. The first-order chi connectivity index (χ1) is 13.3. The highest BCUT2D eigenvalue weighted by Crippen LogP contribution is 2.42. The summed E-state index contributed by atoms with van der Waals surface area (Å²) in [5.41, 5.74) is 4.03. The normalized spacial score (nSPS) is 20.9. The lowest BCUT2D eigenvalue weighted by Crippen LogP contribution is -2.30. The van der Waals surface area contributed by atoms with Gasteiger partial charge in [-0.05, 0) is 30.0 Å². The van der Waals surface area contributed by atoms with Crippen molar-refractivity contribution in [1.82, 2.24) is 15.2 Å². The molecule has 1 unspecified atom stereocenters. The van der Waals surface area contributed by atoms with Gasteiger partial charge in [0.1, 0.15) is 0 Å². The van der Waals surface area contributed by atoms with Gasteiger partial charge in [-0.25, -0.2) is 0 Å². The molecular weight excluding hydrogens is 336 g/mol. The van der Waals surface area contributed by atoms with Gasteiger partial charge in [-0.2, -0.15) is 5.10 Å². The maximum Gasteiger partial charge on any atom is 0.228 e. The van der Waals surface area contributed by atoms with Gasteiger partial charge in [0.2, 0.25) is 5.91 Å². The number of pyridine rings is 1. The van der Waals surface area contributed by atoms with E-state index in [1.807, 2.05) is 18.3 Å². The standard InChI is InChI=1S/C22H20N4O/c27-21(15-8-9-15)24-20-18-10-11-22(13-19(18)25-26-20,16-5-2-1-3-6-16)17-7-4-12-23-14-17/h1-7,10-12,14-15H,8-9,13H2,(H2,24,25,26,27). The third kappa shape index (κ3) is 2.76. The van der Waals surface area contributed by atoms with Crippen LogP contribution in [0.3, 0.4) is 0 Å². The number of nitrogens with one attached hydrogen (secondary N) is 2. The van der Waals surface area contributed by atoms with Gasteiger partial charge in [-0.15, -0.1) is 0 Å². The van der Waals surface area contributed by atoms with Crippen LogP contribution >= 0.6 is 0 Å². The van der Waals surface area contributed by atoms with Crippen molar-refractivity contribution in [2.24, 2.45) is 5.92 Å². The molecule has 1 atom stereocenters. The summed E-state index contributed by atoms with van der Waals surface area (Å²) in [5.74, 6) is 0.861. The van der Waals surface area contributed by atoms with Crippen molar-refractivity contribution in [3.8, 4) is 0 Å². The average Bonchev–Trinajstić information content (AvgIpc) is 3.52. The fourth-order valence-corrected chi connectivity index (χ4v) is 3.85. The predicted octanol–water partition coefficient (Wildman–Crippen LogP) is 3.71. The molecule has 0 saturated heterocycles. The lowest BCUT2D eigenvalue weighted by atomic mass is 9.69. The van der Waals surface area contributed by atoms with Gasteiger partial charge >= 0.3 is 0 Å². The molecule has 134 valence electrons. The monoisotopic (exact) mass is 356 g/mol. The van der Waals surface area contributed by atoms with E-state index >= 15 is 0 Å². The van der Waals surface area contributed by atoms with Crippen LogP contribution in [-0.4, -0.2) is 21.1 Å². The number of aromatic amines is 1. The van der Waals surface area contributed by atoms with Crippen molar-refractivity contribution in [3.05, 3.63) is 83.3 Å². The highest BCUT2D eigenvalue weighted by Gasteiger charge is 2.37. The van der Waals surface area contributed by atoms with E-state index in [1.165, 1.54) is 5.56 Å². The molecular formula is C22H20N4O. The third-order valence-electron chi connectivity index (χ3n) is 5.53. The van der Waals surface area contributed by atoms with E-state index in [2.05, 4.69) is 63.0 Å². The molecule has 2 heterocycles. The topological polar surface area (TPSA) is 70.7 Å². The molecule has 5 nitrogen and oxygen atoms in total. The second-order valence-electron chi connectivity index (χ2n) is 7.32. The van der Waals surface area contributed by atoms with Gasteiger partial charge in [0.25, 0.3) is 0 Å². The number of amides is 1. The minimum absolute atomic E-state index is 0.0739. The van der Waals surface area contributed by atoms with Crippen molar-refractivity contribution < 1.29 is 4.79 Å². The SMILES string of the molecule is O=C(Nc1n[nH]c2c1C=CC(c1ccccc1)(c1cccnc1)C2)C1CC1. The molecule has 27 heavy (non-hydrogen) atoms. The number of carbonyl (C=O) groups is 1. The minimum Gasteiger partial charge on any atom is -0.308 e. The number of anilines is 1. The van der Waals surface area contributed by atoms with E-state index in [-0.39, 0.29) is 17.2 Å². The summed E-state index contributed by atoms with van der Waals surface area (Å²) in [6.45, 7) is 0. The van der Waals surface area contributed by atoms with Gasteiger partial charge in [-0.3, -0.25) is 14.9 Å². The van der Waals surface area contributed by atoms with Gasteiger partial charge in [0.05, 0.1) is 0 Å². The average molecular weight is 356 g/mol. The predicted molar refractivity (Wildman–Crippen MR) is 104 cm³/mol. The first-order valence-electron chi connectivity index (χ1n) is 9.30. The van der Waals surface area contributed by atoms with Crippen LogP contribution in [0, 0.1) is 5.92 Å². The maximum absolute atomic E-state index is 12.1. The zero-order valence-electron chi connectivity index (χ0n) is 14.9. The molecule has 1 aromatic carbocycles. The Hall–Kier alpha value is -3.21. The van der Waals surface area contributed by atoms with E-state index in [4.69, 9.17) is 0 Å². The first-order valence-corrected chi connectivity index (χ1v) is 9.30. The highest BCUT2D eigenvalue weighted by atomic mass is 16.2. The molecule has 2 aromatic heterocycles. The molecule has 1 amide bonds. The van der Waals surface area contributed by atoms with Crippen LogP contribution in [0.15, 0.2) is 60.9 Å². The van der Waals surface area contributed by atoms with Gasteiger partial charge in [0, 0.05) is 41.4 Å². The Morgan fingerprint density at radius 1 is 1.11 bits per heavy atom. The fraction of sp³-hybridized carbons (Fsp3) is 0.227. The van der Waals surface area contributed by atoms with Gasteiger partial charge in [0.15, 0.2) is 5.82 Å². The molecule has 2 aliphatic rings. The van der Waals surface area contributed by atoms with Crippen molar-refractivity contribution in [2.45, 2.75) is 24.7 Å². The van der Waals surface area contributed by atoms with Crippen LogP contribution in [0.1, 0.15) is 35.2 Å². The second kappa shape index (κ2) is 6.20. The maximum atomic E-state index is 12.1. The zero-order valence-corrected chi connectivity index (χ0v) is 14.9. The van der Waals surface area contributed by atoms with Gasteiger partial charge in [-0.1, -0.05) is 48.6 Å². The number of hydrogen-bond acceptors (Lipinski definition) is 3. The molecule has 0 radical (unpaired) electrons. The Labute approximate surface area is 157 Å². The van der Waals surface area contributed by atoms with E-state index in [9.17, 15) is 4.79 Å². The summed E-state index contributed by atoms with van der Waals surface area (Å²) in [6.07, 6.45) is 10.7. The van der Waals surface area contributed by atoms with Crippen LogP contribution in [0.2, 0.25) is 0 Å². The Morgan fingerprint density at radius 3 is 2.67 bits per heavy atom. The van der Waals surface area contributed by atoms with Crippen LogP contribution in [0.4, 0.5) is 5.82 Å². The molecule has 5 rings (SSSR count). The number of aromatic nitrogens is 3. The van der Waals surface area contributed by atoms with E-state index in [1.54, 1.807) is 6.20 Å². The summed E-state index contributed by atoms with van der Waals surface area (Å²) >= 11 is 0. The summed E-state index contributed by atoms with van der Waals surface area (Å²) in [6, 6.07) is 14.5. The minimum atomic E-state index is -0.313. The van der Waals surface area contributed by atoms with Crippen LogP contribution in [-0.2, 0) is 16.6 Å². The lowest BCUT2D eigenvalue weighted by Gasteiger charge is -2.34.